The molecule has 2 aromatic carbocycles. The Balaban J connectivity index is 1.23. The van der Waals surface area contributed by atoms with Crippen molar-refractivity contribution in [2.45, 2.75) is 166 Å². The molecule has 0 aromatic heterocycles. The first-order valence-corrected chi connectivity index (χ1v) is 31.4. The van der Waals surface area contributed by atoms with Crippen LogP contribution >= 0.6 is 0 Å². The summed E-state index contributed by atoms with van der Waals surface area (Å²) in [7, 11) is 0. The lowest BCUT2D eigenvalue weighted by atomic mass is 9.43. The fourth-order valence-electron chi connectivity index (χ4n) is 16.6. The summed E-state index contributed by atoms with van der Waals surface area (Å²) in [5.74, 6) is 0.192. The lowest BCUT2D eigenvalue weighted by Gasteiger charge is -2.59. The van der Waals surface area contributed by atoms with Gasteiger partial charge in [-0.25, -0.2) is 0 Å². The van der Waals surface area contributed by atoms with Gasteiger partial charge in [0.05, 0.1) is 0 Å². The lowest BCUT2D eigenvalue weighted by Crippen LogP contribution is -2.55. The van der Waals surface area contributed by atoms with E-state index in [-0.39, 0.29) is 66.0 Å². The highest BCUT2D eigenvalue weighted by Gasteiger charge is 2.61. The number of hydrogen-bond acceptors (Lipinski definition) is 0. The van der Waals surface area contributed by atoms with Gasteiger partial charge in [-0.15, -0.1) is 0 Å². The Morgan fingerprint density at radius 3 is 0.902 bits per heavy atom. The maximum absolute atomic E-state index is 2.73. The van der Waals surface area contributed by atoms with E-state index < -0.39 is 0 Å². The average molecular weight is 1080 g/mol. The Kier molecular flexibility index (Phi) is 11.1. The van der Waals surface area contributed by atoms with Gasteiger partial charge in [-0.2, -0.15) is 0 Å². The van der Waals surface area contributed by atoms with E-state index in [9.17, 15) is 0 Å². The zero-order valence-electron chi connectivity index (χ0n) is 54.7. The Bertz CT molecular complexity index is 3940. The number of benzene rings is 2. The topological polar surface area (TPSA) is 0 Å². The third-order valence-electron chi connectivity index (χ3n) is 22.8. The minimum atomic E-state index is -0.280. The maximum atomic E-state index is 2.73. The number of hydrogen-bond donors (Lipinski definition) is 0. The molecular formula is C82H94. The minimum absolute atomic E-state index is 0.0310. The van der Waals surface area contributed by atoms with Crippen molar-refractivity contribution < 1.29 is 0 Å². The van der Waals surface area contributed by atoms with Crippen molar-refractivity contribution in [3.05, 3.63) is 220 Å². The molecule has 0 nitrogen and oxygen atoms in total. The van der Waals surface area contributed by atoms with Crippen molar-refractivity contribution >= 4 is 44.6 Å². The summed E-state index contributed by atoms with van der Waals surface area (Å²) in [6.07, 6.45) is 41.3. The Hall–Kier alpha value is -5.98. The first-order valence-electron chi connectivity index (χ1n) is 31.4. The Morgan fingerprint density at radius 1 is 0.293 bits per heavy atom. The molecule has 422 valence electrons. The molecule has 11 aliphatic rings. The third kappa shape index (κ3) is 7.21. The predicted octanol–water partition coefficient (Wildman–Crippen LogP) is 19.1. The van der Waals surface area contributed by atoms with Gasteiger partial charge in [-0.05, 0) is 200 Å². The lowest BCUT2D eigenvalue weighted by molar-refractivity contribution is 0.298. The summed E-state index contributed by atoms with van der Waals surface area (Å²) >= 11 is 0. The van der Waals surface area contributed by atoms with Crippen molar-refractivity contribution in [3.8, 4) is 0 Å². The Labute approximate surface area is 494 Å². The van der Waals surface area contributed by atoms with E-state index in [1.165, 1.54) is 143 Å². The van der Waals surface area contributed by atoms with Crippen LogP contribution in [0.2, 0.25) is 0 Å². The molecule has 13 rings (SSSR count). The summed E-state index contributed by atoms with van der Waals surface area (Å²) in [5.41, 5.74) is 29.8. The smallest absolute Gasteiger partial charge is 0.0315 e. The molecule has 11 aliphatic carbocycles. The monoisotopic (exact) mass is 1080 g/mol. The molecule has 0 radical (unpaired) electrons. The van der Waals surface area contributed by atoms with Crippen LogP contribution in [-0.2, 0) is 0 Å². The summed E-state index contributed by atoms with van der Waals surface area (Å²) in [5, 5.41) is 5.56. The van der Waals surface area contributed by atoms with Crippen LogP contribution in [0.3, 0.4) is 0 Å². The number of fused-ring (bicyclic) bond motifs is 12. The van der Waals surface area contributed by atoms with Crippen LogP contribution in [0.4, 0.5) is 0 Å². The van der Waals surface area contributed by atoms with Gasteiger partial charge in [0.15, 0.2) is 0 Å². The van der Waals surface area contributed by atoms with Gasteiger partial charge >= 0.3 is 0 Å². The van der Waals surface area contributed by atoms with Gasteiger partial charge in [-0.3, -0.25) is 0 Å². The van der Waals surface area contributed by atoms with Crippen LogP contribution in [0.25, 0.3) is 44.6 Å². The summed E-state index contributed by atoms with van der Waals surface area (Å²) in [4.78, 5) is 0. The van der Waals surface area contributed by atoms with E-state index in [2.05, 4.69) is 288 Å². The van der Waals surface area contributed by atoms with E-state index in [1.807, 2.05) is 0 Å². The second-order valence-electron chi connectivity index (χ2n) is 33.8. The molecule has 4 bridgehead atoms. The van der Waals surface area contributed by atoms with Crippen LogP contribution in [-0.4, -0.2) is 0 Å². The first kappa shape index (κ1) is 55.2. The average Bonchev–Trinajstić information content (AvgIpc) is 1.39. The largest absolute Gasteiger partial charge is 0.0578 e. The highest BCUT2D eigenvalue weighted by molar-refractivity contribution is 6.01. The second kappa shape index (κ2) is 16.5. The molecule has 0 saturated heterocycles. The Morgan fingerprint density at radius 2 is 0.585 bits per heavy atom. The molecule has 0 saturated carbocycles. The van der Waals surface area contributed by atoms with Crippen molar-refractivity contribution in [2.75, 3.05) is 0 Å². The van der Waals surface area contributed by atoms with Crippen LogP contribution in [0.5, 0.6) is 0 Å². The van der Waals surface area contributed by atoms with Crippen LogP contribution < -0.4 is 20.9 Å². The molecule has 0 aliphatic heterocycles. The number of allylic oxidation sites excluding steroid dienone is 30. The highest BCUT2D eigenvalue weighted by atomic mass is 14.6. The third-order valence-corrected chi connectivity index (χ3v) is 22.8. The van der Waals surface area contributed by atoms with Gasteiger partial charge in [0.2, 0.25) is 0 Å². The molecular weight excluding hydrogens is 985 g/mol. The fraction of sp³-hybridized carbons (Fsp3) is 0.439. The summed E-state index contributed by atoms with van der Waals surface area (Å²) in [6, 6.07) is 10.9. The van der Waals surface area contributed by atoms with E-state index in [0.717, 1.165) is 0 Å². The second-order valence-corrected chi connectivity index (χ2v) is 33.8. The molecule has 0 spiro atoms. The van der Waals surface area contributed by atoms with Crippen LogP contribution in [0, 0.1) is 66.0 Å². The molecule has 2 unspecified atom stereocenters. The molecule has 0 heterocycles. The highest BCUT2D eigenvalue weighted by Crippen LogP contribution is 2.72. The molecule has 2 aromatic rings. The van der Waals surface area contributed by atoms with Crippen molar-refractivity contribution in [1.29, 1.82) is 0 Å². The van der Waals surface area contributed by atoms with E-state index in [0.29, 0.717) is 0 Å². The van der Waals surface area contributed by atoms with Gasteiger partial charge < -0.3 is 0 Å². The van der Waals surface area contributed by atoms with Crippen LogP contribution in [0.15, 0.2) is 177 Å². The van der Waals surface area contributed by atoms with Gasteiger partial charge in [0.25, 0.3) is 0 Å². The molecule has 0 heteroatoms. The van der Waals surface area contributed by atoms with Crippen molar-refractivity contribution in [2.24, 2.45) is 66.0 Å². The molecule has 82 heavy (non-hydrogen) atoms. The molecule has 0 amide bonds. The normalized spacial score (nSPS) is 29.6. The standard InChI is InChI=1S/C82H94/c1-45-57-33-55(77(15,16)17)34-58(45)62-42-66-68(72-40-54(76(12,13)14)32-50-28-26-48-30-52(74(6,7)8)38-70(66)80(48,22)82(50,72)24)44-64(62)60-36-56(78(18,19)20)35-59(46(60)2)63-43-67-65(41-61(57)63)69-37-51(73(3,4)5)29-47-25-27-49-31-53(75(9,10)11)39-71(67)81(49,23)79(47,69)21/h25-46H,1-24H3/t45?,46?,79-,80+,81-,82+. The minimum Gasteiger partial charge on any atom is -0.0578 e. The summed E-state index contributed by atoms with van der Waals surface area (Å²) < 4.78 is 0. The zero-order chi connectivity index (χ0) is 59.3. The first-order chi connectivity index (χ1) is 37.7. The maximum Gasteiger partial charge on any atom is 0.0315 e. The fourth-order valence-corrected chi connectivity index (χ4v) is 16.6. The van der Waals surface area contributed by atoms with Gasteiger partial charge in [-0.1, -0.05) is 263 Å². The van der Waals surface area contributed by atoms with Gasteiger partial charge in [0, 0.05) is 33.5 Å². The summed E-state index contributed by atoms with van der Waals surface area (Å²) in [6.45, 7) is 58.8. The van der Waals surface area contributed by atoms with E-state index in [1.54, 1.807) is 0 Å². The van der Waals surface area contributed by atoms with E-state index in [4.69, 9.17) is 0 Å². The number of rotatable bonds is 0. The predicted molar refractivity (Wildman–Crippen MR) is 354 cm³/mol. The molecule has 6 atom stereocenters. The SMILES string of the molecule is CC1C2=CC(C(C)(C)C)=CC1=c1cc3c(cc1=C1C=C(C(C)(C)C)C=C(c4cc5c(cc42)=C2C=C(C(C)(C)C)C=C4C=CC6=CC(C(C)(C)C)=CC=5[C@]6(C)[C@]42C)C1C)C1=CC(C(C)(C)C)=CC2=CC=C4C=C(C(C)(C)C)C=C3[C@@]4(C)[C@@]21C. The molecule has 0 N–H and O–H groups in total. The van der Waals surface area contributed by atoms with Gasteiger partial charge in [0.1, 0.15) is 0 Å². The molecule has 0 fully saturated rings. The van der Waals surface area contributed by atoms with E-state index >= 15 is 0 Å². The van der Waals surface area contributed by atoms with Crippen molar-refractivity contribution in [3.63, 3.8) is 0 Å². The van der Waals surface area contributed by atoms with Crippen molar-refractivity contribution in [1.82, 2.24) is 0 Å². The zero-order valence-corrected chi connectivity index (χ0v) is 54.7. The quantitative estimate of drug-likeness (QED) is 0.247. The van der Waals surface area contributed by atoms with Crippen LogP contribution in [0.1, 0.15) is 188 Å².